The van der Waals surface area contributed by atoms with Gasteiger partial charge in [-0.1, -0.05) is 6.07 Å². The van der Waals surface area contributed by atoms with Crippen LogP contribution in [0, 0.1) is 0 Å². The molecule has 1 amide bonds. The fraction of sp³-hybridized carbons (Fsp3) is 0.562. The van der Waals surface area contributed by atoms with Crippen molar-refractivity contribution in [3.8, 4) is 0 Å². The minimum atomic E-state index is -0.00743. The molecule has 1 unspecified atom stereocenters. The number of rotatable bonds is 5. The molecular formula is C16H22N2O3. The van der Waals surface area contributed by atoms with E-state index >= 15 is 0 Å². The van der Waals surface area contributed by atoms with Crippen LogP contribution in [0.15, 0.2) is 18.2 Å². The smallest absolute Gasteiger partial charge is 0.253 e. The molecule has 2 N–H and O–H groups in total. The second-order valence-corrected chi connectivity index (χ2v) is 5.74. The van der Waals surface area contributed by atoms with Crippen LogP contribution >= 0.6 is 0 Å². The third-order valence-corrected chi connectivity index (χ3v) is 4.23. The van der Waals surface area contributed by atoms with E-state index in [9.17, 15) is 9.90 Å². The quantitative estimate of drug-likeness (QED) is 0.846. The molecular weight excluding hydrogens is 268 g/mol. The lowest BCUT2D eigenvalue weighted by molar-refractivity contribution is 0.0706. The number of hydrogen-bond acceptors (Lipinski definition) is 4. The summed E-state index contributed by atoms with van der Waals surface area (Å²) in [7, 11) is 0. The van der Waals surface area contributed by atoms with E-state index in [2.05, 4.69) is 5.32 Å². The molecule has 0 saturated carbocycles. The Morgan fingerprint density at radius 2 is 2.24 bits per heavy atom. The molecule has 1 saturated heterocycles. The molecule has 21 heavy (non-hydrogen) atoms. The third-order valence-electron chi connectivity index (χ3n) is 4.23. The number of ether oxygens (including phenoxy) is 1. The number of carbonyl (C=O) groups excluding carboxylic acids is 1. The van der Waals surface area contributed by atoms with Crippen molar-refractivity contribution in [2.75, 3.05) is 26.2 Å². The van der Waals surface area contributed by atoms with Gasteiger partial charge in [0.1, 0.15) is 0 Å². The van der Waals surface area contributed by atoms with Crippen molar-refractivity contribution < 1.29 is 14.6 Å². The predicted octanol–water partition coefficient (Wildman–Crippen LogP) is 0.903. The summed E-state index contributed by atoms with van der Waals surface area (Å²) in [5.41, 5.74) is 2.95. The van der Waals surface area contributed by atoms with Gasteiger partial charge >= 0.3 is 0 Å². The van der Waals surface area contributed by atoms with E-state index in [4.69, 9.17) is 4.74 Å². The maximum Gasteiger partial charge on any atom is 0.253 e. The molecule has 1 fully saturated rings. The molecule has 2 aliphatic rings. The zero-order chi connectivity index (χ0) is 14.7. The highest BCUT2D eigenvalue weighted by atomic mass is 16.5. The Balaban J connectivity index is 1.73. The van der Waals surface area contributed by atoms with E-state index in [0.29, 0.717) is 37.9 Å². The highest BCUT2D eigenvalue weighted by molar-refractivity contribution is 5.94. The second-order valence-electron chi connectivity index (χ2n) is 5.74. The number of benzene rings is 1. The Kier molecular flexibility index (Phi) is 4.53. The molecule has 5 heteroatoms. The molecule has 0 aliphatic carbocycles. The molecule has 1 aromatic rings. The summed E-state index contributed by atoms with van der Waals surface area (Å²) in [4.78, 5) is 14.4. The maximum atomic E-state index is 12.7. The minimum absolute atomic E-state index is 0.00699. The minimum Gasteiger partial charge on any atom is -0.395 e. The Bertz CT molecular complexity index is 512. The van der Waals surface area contributed by atoms with Gasteiger partial charge in [-0.2, -0.15) is 0 Å². The molecule has 0 radical (unpaired) electrons. The number of hydrogen-bond donors (Lipinski definition) is 2. The first-order valence-electron chi connectivity index (χ1n) is 7.61. The Morgan fingerprint density at radius 3 is 3.00 bits per heavy atom. The molecule has 1 atom stereocenters. The summed E-state index contributed by atoms with van der Waals surface area (Å²) < 4.78 is 5.39. The van der Waals surface area contributed by atoms with Gasteiger partial charge in [0.2, 0.25) is 0 Å². The largest absolute Gasteiger partial charge is 0.395 e. The average Bonchev–Trinajstić information content (AvgIpc) is 3.16. The molecule has 5 nitrogen and oxygen atoms in total. The molecule has 2 heterocycles. The van der Waals surface area contributed by atoms with Gasteiger partial charge < -0.3 is 20.1 Å². The average molecular weight is 290 g/mol. The maximum absolute atomic E-state index is 12.7. The van der Waals surface area contributed by atoms with Crippen LogP contribution in [-0.4, -0.2) is 48.2 Å². The molecule has 0 aromatic heterocycles. The van der Waals surface area contributed by atoms with Gasteiger partial charge in [0.05, 0.1) is 19.8 Å². The molecule has 114 valence electrons. The van der Waals surface area contributed by atoms with Crippen LogP contribution in [-0.2, 0) is 18.0 Å². The first kappa shape index (κ1) is 14.5. The highest BCUT2D eigenvalue weighted by Gasteiger charge is 2.23. The van der Waals surface area contributed by atoms with Crippen LogP contribution in [0.25, 0.3) is 0 Å². The number of nitrogens with one attached hydrogen (secondary N) is 1. The lowest BCUT2D eigenvalue weighted by Crippen LogP contribution is -2.42. The summed E-state index contributed by atoms with van der Waals surface area (Å²) in [5, 5.41) is 12.6. The number of carbonyl (C=O) groups is 1. The van der Waals surface area contributed by atoms with Gasteiger partial charge in [0.25, 0.3) is 5.91 Å². The number of aliphatic hydroxyl groups excluding tert-OH is 1. The third kappa shape index (κ3) is 3.26. The van der Waals surface area contributed by atoms with E-state index in [-0.39, 0.29) is 12.5 Å². The van der Waals surface area contributed by atoms with E-state index < -0.39 is 0 Å². The molecule has 2 aliphatic heterocycles. The molecule has 0 spiro atoms. The number of aliphatic hydroxyl groups is 1. The van der Waals surface area contributed by atoms with Gasteiger partial charge in [-0.25, -0.2) is 0 Å². The van der Waals surface area contributed by atoms with Crippen molar-refractivity contribution >= 4 is 5.91 Å². The van der Waals surface area contributed by atoms with E-state index in [1.54, 1.807) is 4.90 Å². The zero-order valence-corrected chi connectivity index (χ0v) is 12.2. The standard InChI is InChI=1S/C16H22N2O3/c19-7-6-18(9-15-2-1-5-17-15)16(20)12-3-4-13-10-21-11-14(13)8-12/h3-4,8,15,17,19H,1-2,5-7,9-11H2. The van der Waals surface area contributed by atoms with Crippen molar-refractivity contribution in [1.82, 2.24) is 10.2 Å². The molecule has 1 aromatic carbocycles. The van der Waals surface area contributed by atoms with E-state index in [0.717, 1.165) is 30.5 Å². The van der Waals surface area contributed by atoms with Gasteiger partial charge in [0, 0.05) is 24.7 Å². The second kappa shape index (κ2) is 6.56. The number of nitrogens with zero attached hydrogens (tertiary/aromatic N) is 1. The van der Waals surface area contributed by atoms with Crippen molar-refractivity contribution in [2.24, 2.45) is 0 Å². The van der Waals surface area contributed by atoms with Crippen molar-refractivity contribution in [3.63, 3.8) is 0 Å². The summed E-state index contributed by atoms with van der Waals surface area (Å²) in [6.07, 6.45) is 2.25. The monoisotopic (exact) mass is 290 g/mol. The van der Waals surface area contributed by atoms with Crippen LogP contribution in [0.2, 0.25) is 0 Å². The summed E-state index contributed by atoms with van der Waals surface area (Å²) in [5.74, 6) is -0.00699. The van der Waals surface area contributed by atoms with Crippen LogP contribution in [0.3, 0.4) is 0 Å². The summed E-state index contributed by atoms with van der Waals surface area (Å²) in [6.45, 7) is 3.27. The summed E-state index contributed by atoms with van der Waals surface area (Å²) in [6, 6.07) is 6.11. The van der Waals surface area contributed by atoms with Gasteiger partial charge in [0.15, 0.2) is 0 Å². The van der Waals surface area contributed by atoms with Crippen molar-refractivity contribution in [2.45, 2.75) is 32.1 Å². The summed E-state index contributed by atoms with van der Waals surface area (Å²) >= 11 is 0. The predicted molar refractivity (Wildman–Crippen MR) is 78.9 cm³/mol. The highest BCUT2D eigenvalue weighted by Crippen LogP contribution is 2.22. The van der Waals surface area contributed by atoms with Crippen molar-refractivity contribution in [3.05, 3.63) is 34.9 Å². The Hall–Kier alpha value is -1.43. The first-order valence-corrected chi connectivity index (χ1v) is 7.61. The van der Waals surface area contributed by atoms with Crippen molar-refractivity contribution in [1.29, 1.82) is 0 Å². The molecule has 0 bridgehead atoms. The molecule has 3 rings (SSSR count). The van der Waals surface area contributed by atoms with Gasteiger partial charge in [-0.05, 0) is 42.6 Å². The number of amides is 1. The van der Waals surface area contributed by atoms with Crippen LogP contribution in [0.5, 0.6) is 0 Å². The first-order chi connectivity index (χ1) is 10.3. The SMILES string of the molecule is O=C(c1ccc2c(c1)COC2)N(CCO)CC1CCCN1. The fourth-order valence-electron chi connectivity index (χ4n) is 3.06. The van der Waals surface area contributed by atoms with Crippen LogP contribution in [0.1, 0.15) is 34.3 Å². The lowest BCUT2D eigenvalue weighted by Gasteiger charge is -2.25. The Morgan fingerprint density at radius 1 is 1.38 bits per heavy atom. The van der Waals surface area contributed by atoms with Gasteiger partial charge in [-0.3, -0.25) is 4.79 Å². The van der Waals surface area contributed by atoms with Crippen LogP contribution in [0.4, 0.5) is 0 Å². The van der Waals surface area contributed by atoms with E-state index in [1.807, 2.05) is 18.2 Å². The topological polar surface area (TPSA) is 61.8 Å². The van der Waals surface area contributed by atoms with Gasteiger partial charge in [-0.15, -0.1) is 0 Å². The number of fused-ring (bicyclic) bond motifs is 1. The van der Waals surface area contributed by atoms with Crippen LogP contribution < -0.4 is 5.32 Å². The Labute approximate surface area is 124 Å². The van der Waals surface area contributed by atoms with E-state index in [1.165, 1.54) is 0 Å². The zero-order valence-electron chi connectivity index (χ0n) is 12.2. The lowest BCUT2D eigenvalue weighted by atomic mass is 10.1. The normalized spacial score (nSPS) is 20.5. The fourth-order valence-corrected chi connectivity index (χ4v) is 3.06.